The summed E-state index contributed by atoms with van der Waals surface area (Å²) in [6.45, 7) is 4.02. The number of aromatic amines is 2. The molecular formula is C17H16N6O. The molecule has 120 valence electrons. The summed E-state index contributed by atoms with van der Waals surface area (Å²) in [5.74, 6) is 1.24. The molecule has 3 heterocycles. The number of aromatic nitrogens is 5. The van der Waals surface area contributed by atoms with Crippen molar-refractivity contribution in [1.82, 2.24) is 25.1 Å². The molecule has 4 aromatic rings. The second kappa shape index (κ2) is 5.16. The Bertz CT molecular complexity index is 1080. The number of rotatable bonds is 3. The highest BCUT2D eigenvalue weighted by molar-refractivity contribution is 6.02. The molecule has 0 amide bonds. The molecule has 0 atom stereocenters. The van der Waals surface area contributed by atoms with Crippen LogP contribution in [0.25, 0.3) is 33.2 Å². The lowest BCUT2D eigenvalue weighted by Crippen LogP contribution is -2.02. The average molecular weight is 320 g/mol. The average Bonchev–Trinajstić information content (AvgIpc) is 3.17. The van der Waals surface area contributed by atoms with Crippen molar-refractivity contribution >= 4 is 34.0 Å². The number of anilines is 1. The van der Waals surface area contributed by atoms with Crippen molar-refractivity contribution in [3.63, 3.8) is 0 Å². The fraction of sp³-hybridized carbons (Fsp3) is 0.176. The van der Waals surface area contributed by atoms with E-state index in [1.807, 2.05) is 32.0 Å². The van der Waals surface area contributed by atoms with Gasteiger partial charge in [-0.05, 0) is 12.1 Å². The number of fused-ring (bicyclic) bond motifs is 2. The molecule has 0 spiro atoms. The molecule has 1 aromatic carbocycles. The Labute approximate surface area is 137 Å². The number of nitrogens with zero attached hydrogens (tertiary/aromatic N) is 3. The van der Waals surface area contributed by atoms with E-state index in [0.717, 1.165) is 28.4 Å². The van der Waals surface area contributed by atoms with Crippen molar-refractivity contribution in [2.75, 3.05) is 5.73 Å². The van der Waals surface area contributed by atoms with Gasteiger partial charge < -0.3 is 10.7 Å². The maximum atomic E-state index is 11.2. The molecule has 24 heavy (non-hydrogen) atoms. The minimum atomic E-state index is 0.170. The van der Waals surface area contributed by atoms with Gasteiger partial charge in [-0.15, -0.1) is 0 Å². The number of benzene rings is 1. The van der Waals surface area contributed by atoms with Crippen LogP contribution in [-0.4, -0.2) is 31.4 Å². The van der Waals surface area contributed by atoms with Gasteiger partial charge in [-0.2, -0.15) is 5.10 Å². The number of hydrogen-bond donors (Lipinski definition) is 3. The van der Waals surface area contributed by atoms with Gasteiger partial charge in [0, 0.05) is 34.1 Å². The van der Waals surface area contributed by atoms with Gasteiger partial charge in [0.2, 0.25) is 0 Å². The summed E-state index contributed by atoms with van der Waals surface area (Å²) in [5, 5.41) is 8.82. The second-order valence-electron chi connectivity index (χ2n) is 6.04. The van der Waals surface area contributed by atoms with E-state index in [2.05, 4.69) is 25.1 Å². The van der Waals surface area contributed by atoms with E-state index in [1.54, 1.807) is 6.20 Å². The molecule has 0 saturated carbocycles. The maximum Gasteiger partial charge on any atom is 0.187 e. The monoisotopic (exact) mass is 320 g/mol. The summed E-state index contributed by atoms with van der Waals surface area (Å²) in [7, 11) is 0. The molecule has 0 saturated heterocycles. The lowest BCUT2D eigenvalue weighted by Gasteiger charge is -2.06. The van der Waals surface area contributed by atoms with E-state index in [1.165, 1.54) is 0 Å². The lowest BCUT2D eigenvalue weighted by atomic mass is 10.1. The first-order valence-corrected chi connectivity index (χ1v) is 7.66. The van der Waals surface area contributed by atoms with E-state index in [4.69, 9.17) is 5.73 Å². The van der Waals surface area contributed by atoms with Crippen LogP contribution in [0.4, 0.5) is 5.82 Å². The maximum absolute atomic E-state index is 11.2. The predicted octanol–water partition coefficient (Wildman–Crippen LogP) is 3.02. The van der Waals surface area contributed by atoms with Gasteiger partial charge >= 0.3 is 0 Å². The SMILES string of the molecule is CC(C)c1nc(N)c2c(-c3ccc4[nH]cc(C=O)c4c3)[nH]nc2n1. The third-order valence-electron chi connectivity index (χ3n) is 4.10. The van der Waals surface area contributed by atoms with Crippen LogP contribution in [0.1, 0.15) is 35.9 Å². The molecule has 0 unspecified atom stereocenters. The fourth-order valence-electron chi connectivity index (χ4n) is 2.83. The third-order valence-corrected chi connectivity index (χ3v) is 4.10. The highest BCUT2D eigenvalue weighted by atomic mass is 16.1. The summed E-state index contributed by atoms with van der Waals surface area (Å²) >= 11 is 0. The van der Waals surface area contributed by atoms with E-state index in [0.29, 0.717) is 28.2 Å². The van der Waals surface area contributed by atoms with Crippen LogP contribution in [0.3, 0.4) is 0 Å². The van der Waals surface area contributed by atoms with Crippen molar-refractivity contribution in [3.8, 4) is 11.3 Å². The summed E-state index contributed by atoms with van der Waals surface area (Å²) in [6, 6.07) is 5.79. The van der Waals surface area contributed by atoms with Crippen molar-refractivity contribution in [3.05, 3.63) is 35.8 Å². The second-order valence-corrected chi connectivity index (χ2v) is 6.04. The Balaban J connectivity index is 1.95. The van der Waals surface area contributed by atoms with Gasteiger partial charge in [0.1, 0.15) is 11.6 Å². The van der Waals surface area contributed by atoms with Crippen molar-refractivity contribution < 1.29 is 4.79 Å². The standard InChI is InChI=1S/C17H16N6O/c1-8(2)16-20-15(18)13-14(22-23-17(13)21-16)9-3-4-12-11(5-9)10(7-24)6-19-12/h3-8,19H,1-2H3,(H3,18,20,21,22,23). The summed E-state index contributed by atoms with van der Waals surface area (Å²) in [4.78, 5) is 23.1. The summed E-state index contributed by atoms with van der Waals surface area (Å²) in [5.41, 5.74) is 9.84. The number of nitrogens with one attached hydrogen (secondary N) is 2. The normalized spacial score (nSPS) is 11.6. The van der Waals surface area contributed by atoms with Crippen LogP contribution in [-0.2, 0) is 0 Å². The van der Waals surface area contributed by atoms with Crippen molar-refractivity contribution in [2.45, 2.75) is 19.8 Å². The molecule has 0 aliphatic rings. The van der Waals surface area contributed by atoms with Gasteiger partial charge in [-0.3, -0.25) is 9.89 Å². The third kappa shape index (κ3) is 2.05. The van der Waals surface area contributed by atoms with E-state index in [-0.39, 0.29) is 5.92 Å². The molecule has 7 nitrogen and oxygen atoms in total. The Morgan fingerprint density at radius 3 is 2.83 bits per heavy atom. The minimum absolute atomic E-state index is 0.170. The number of aldehydes is 1. The van der Waals surface area contributed by atoms with Crippen LogP contribution in [0.5, 0.6) is 0 Å². The highest BCUT2D eigenvalue weighted by Crippen LogP contribution is 2.32. The van der Waals surface area contributed by atoms with Gasteiger partial charge in [0.25, 0.3) is 0 Å². The van der Waals surface area contributed by atoms with E-state index >= 15 is 0 Å². The predicted molar refractivity (Wildman–Crippen MR) is 92.9 cm³/mol. The van der Waals surface area contributed by atoms with Gasteiger partial charge in [0.15, 0.2) is 11.9 Å². The zero-order valence-corrected chi connectivity index (χ0v) is 13.3. The van der Waals surface area contributed by atoms with Crippen molar-refractivity contribution in [1.29, 1.82) is 0 Å². The van der Waals surface area contributed by atoms with Crippen molar-refractivity contribution in [2.24, 2.45) is 0 Å². The first-order valence-electron chi connectivity index (χ1n) is 7.66. The van der Waals surface area contributed by atoms with Crippen LogP contribution >= 0.6 is 0 Å². The number of H-pyrrole nitrogens is 2. The topological polar surface area (TPSA) is 113 Å². The number of carbonyl (C=O) groups is 1. The fourth-order valence-corrected chi connectivity index (χ4v) is 2.83. The molecule has 0 aliphatic carbocycles. The smallest absolute Gasteiger partial charge is 0.187 e. The van der Waals surface area contributed by atoms with Crippen LogP contribution < -0.4 is 5.73 Å². The Morgan fingerprint density at radius 2 is 2.08 bits per heavy atom. The lowest BCUT2D eigenvalue weighted by molar-refractivity contribution is 0.112. The van der Waals surface area contributed by atoms with Crippen LogP contribution in [0.15, 0.2) is 24.4 Å². The first-order chi connectivity index (χ1) is 11.6. The largest absolute Gasteiger partial charge is 0.383 e. The minimum Gasteiger partial charge on any atom is -0.383 e. The van der Waals surface area contributed by atoms with Crippen LogP contribution in [0, 0.1) is 0 Å². The summed E-state index contributed by atoms with van der Waals surface area (Å²) < 4.78 is 0. The van der Waals surface area contributed by atoms with E-state index in [9.17, 15) is 4.79 Å². The summed E-state index contributed by atoms with van der Waals surface area (Å²) in [6.07, 6.45) is 2.53. The first kappa shape index (κ1) is 14.4. The Morgan fingerprint density at radius 1 is 1.25 bits per heavy atom. The number of nitrogen functional groups attached to an aromatic ring is 1. The van der Waals surface area contributed by atoms with Gasteiger partial charge in [0.05, 0.1) is 11.1 Å². The molecule has 0 radical (unpaired) electrons. The Kier molecular flexibility index (Phi) is 3.09. The number of hydrogen-bond acceptors (Lipinski definition) is 5. The quantitative estimate of drug-likeness (QED) is 0.502. The zero-order chi connectivity index (χ0) is 16.8. The molecule has 0 fully saturated rings. The van der Waals surface area contributed by atoms with Gasteiger partial charge in [-0.25, -0.2) is 9.97 Å². The molecule has 4 N–H and O–H groups in total. The number of carbonyl (C=O) groups excluding carboxylic acids is 1. The van der Waals surface area contributed by atoms with Crippen LogP contribution in [0.2, 0.25) is 0 Å². The highest BCUT2D eigenvalue weighted by Gasteiger charge is 2.16. The van der Waals surface area contributed by atoms with E-state index < -0.39 is 0 Å². The number of nitrogens with two attached hydrogens (primary N) is 1. The molecule has 4 rings (SSSR count). The zero-order valence-electron chi connectivity index (χ0n) is 13.3. The molecule has 0 aliphatic heterocycles. The molecule has 7 heteroatoms. The van der Waals surface area contributed by atoms with Gasteiger partial charge in [-0.1, -0.05) is 19.9 Å². The Hall–Kier alpha value is -3.22. The molecule has 3 aromatic heterocycles. The molecular weight excluding hydrogens is 304 g/mol. The molecule has 0 bridgehead atoms.